The number of nitrogens with zero attached hydrogens (tertiary/aromatic N) is 2. The highest BCUT2D eigenvalue weighted by Crippen LogP contribution is 2.30. The zero-order valence-electron chi connectivity index (χ0n) is 22.0. The van der Waals surface area contributed by atoms with Crippen LogP contribution in [0.5, 0.6) is 11.5 Å². The van der Waals surface area contributed by atoms with Gasteiger partial charge in [0.15, 0.2) is 0 Å². The average molecular weight is 560 g/mol. The van der Waals surface area contributed by atoms with E-state index in [1.165, 1.54) is 36.5 Å². The van der Waals surface area contributed by atoms with Crippen LogP contribution in [0.15, 0.2) is 47.8 Å². The fraction of sp³-hybridized carbons (Fsp3) is 0.370. The first-order chi connectivity index (χ1) is 18.2. The monoisotopic (exact) mass is 559 g/mol. The van der Waals surface area contributed by atoms with Gasteiger partial charge in [0.25, 0.3) is 11.8 Å². The second-order valence-electron chi connectivity index (χ2n) is 8.70. The number of hydrogen-bond donors (Lipinski definition) is 1. The van der Waals surface area contributed by atoms with Gasteiger partial charge in [-0.15, -0.1) is 11.3 Å². The maximum Gasteiger partial charge on any atom is 0.284 e. The second kappa shape index (κ2) is 13.4. The Labute approximate surface area is 227 Å². The molecule has 0 spiro atoms. The van der Waals surface area contributed by atoms with Crippen molar-refractivity contribution in [2.24, 2.45) is 0 Å². The third kappa shape index (κ3) is 7.78. The van der Waals surface area contributed by atoms with Gasteiger partial charge in [0, 0.05) is 23.1 Å². The standard InChI is InChI=1S/C27H33N3O6S2/c1-5-14-38(33,34)29-26(31)22-18-37-25(28-22)17-30(13-9-12-20-10-7-6-8-11-20)27(32)21-15-23(35-3)19(2)24(16-21)36-4/h6-8,10-11,15-16,18H,5,9,12-14,17H2,1-4H3,(H,29,31). The number of methoxy groups -OCH3 is 2. The smallest absolute Gasteiger partial charge is 0.284 e. The van der Waals surface area contributed by atoms with Crippen LogP contribution in [0.2, 0.25) is 0 Å². The topological polar surface area (TPSA) is 115 Å². The van der Waals surface area contributed by atoms with Crippen LogP contribution >= 0.6 is 11.3 Å². The molecule has 3 rings (SSSR count). The lowest BCUT2D eigenvalue weighted by molar-refractivity contribution is 0.0740. The normalized spacial score (nSPS) is 11.2. The summed E-state index contributed by atoms with van der Waals surface area (Å²) in [6, 6.07) is 13.4. The van der Waals surface area contributed by atoms with Crippen molar-refractivity contribution in [2.45, 2.75) is 39.7 Å². The SMILES string of the molecule is CCCS(=O)(=O)NC(=O)c1csc(CN(CCCc2ccccc2)C(=O)c2cc(OC)c(C)c(OC)c2)n1. The van der Waals surface area contributed by atoms with Crippen LogP contribution in [-0.2, 0) is 23.0 Å². The summed E-state index contributed by atoms with van der Waals surface area (Å²) in [7, 11) is -0.644. The molecule has 0 unspecified atom stereocenters. The molecule has 11 heteroatoms. The van der Waals surface area contributed by atoms with Crippen LogP contribution in [0.4, 0.5) is 0 Å². The molecule has 0 aliphatic heterocycles. The predicted molar refractivity (Wildman–Crippen MR) is 147 cm³/mol. The number of amides is 2. The number of carbonyl (C=O) groups is 2. The van der Waals surface area contributed by atoms with E-state index in [1.54, 1.807) is 24.0 Å². The Morgan fingerprint density at radius 3 is 2.34 bits per heavy atom. The summed E-state index contributed by atoms with van der Waals surface area (Å²) in [6.45, 7) is 4.17. The van der Waals surface area contributed by atoms with Crippen LogP contribution < -0.4 is 14.2 Å². The second-order valence-corrected chi connectivity index (χ2v) is 11.5. The molecule has 0 saturated heterocycles. The number of thiazole rings is 1. The zero-order valence-corrected chi connectivity index (χ0v) is 23.7. The van der Waals surface area contributed by atoms with E-state index in [-0.39, 0.29) is 23.9 Å². The van der Waals surface area contributed by atoms with Crippen LogP contribution in [0.3, 0.4) is 0 Å². The zero-order chi connectivity index (χ0) is 27.7. The molecule has 1 N–H and O–H groups in total. The van der Waals surface area contributed by atoms with Gasteiger partial charge in [0.2, 0.25) is 10.0 Å². The molecule has 0 bridgehead atoms. The number of sulfonamides is 1. The van der Waals surface area contributed by atoms with Crippen molar-refractivity contribution in [2.75, 3.05) is 26.5 Å². The van der Waals surface area contributed by atoms with Gasteiger partial charge < -0.3 is 14.4 Å². The fourth-order valence-corrected chi connectivity index (χ4v) is 5.74. The first-order valence-electron chi connectivity index (χ1n) is 12.2. The van der Waals surface area contributed by atoms with E-state index in [4.69, 9.17) is 9.47 Å². The summed E-state index contributed by atoms with van der Waals surface area (Å²) >= 11 is 1.20. The molecule has 1 aromatic heterocycles. The minimum absolute atomic E-state index is 0.0000342. The maximum absolute atomic E-state index is 13.7. The van der Waals surface area contributed by atoms with Gasteiger partial charge in [0.05, 0.1) is 26.5 Å². The molecule has 204 valence electrons. The van der Waals surface area contributed by atoms with Gasteiger partial charge >= 0.3 is 0 Å². The highest BCUT2D eigenvalue weighted by atomic mass is 32.2. The molecule has 9 nitrogen and oxygen atoms in total. The van der Waals surface area contributed by atoms with Crippen molar-refractivity contribution < 1.29 is 27.5 Å². The minimum Gasteiger partial charge on any atom is -0.496 e. The summed E-state index contributed by atoms with van der Waals surface area (Å²) in [4.78, 5) is 32.1. The van der Waals surface area contributed by atoms with E-state index < -0.39 is 15.9 Å². The quantitative estimate of drug-likeness (QED) is 0.334. The summed E-state index contributed by atoms with van der Waals surface area (Å²) in [6.07, 6.45) is 1.88. The molecular weight excluding hydrogens is 526 g/mol. The first kappa shape index (κ1) is 29.1. The number of aromatic nitrogens is 1. The largest absolute Gasteiger partial charge is 0.496 e. The molecule has 0 fully saturated rings. The van der Waals surface area contributed by atoms with Gasteiger partial charge in [0.1, 0.15) is 22.2 Å². The Morgan fingerprint density at radius 1 is 1.08 bits per heavy atom. The highest BCUT2D eigenvalue weighted by Gasteiger charge is 2.22. The van der Waals surface area contributed by atoms with Crippen molar-refractivity contribution in [3.05, 3.63) is 75.2 Å². The molecule has 0 saturated carbocycles. The molecule has 3 aromatic rings. The average Bonchev–Trinajstić information content (AvgIpc) is 3.37. The minimum atomic E-state index is -3.72. The lowest BCUT2D eigenvalue weighted by Gasteiger charge is -2.23. The van der Waals surface area contributed by atoms with E-state index in [1.807, 2.05) is 42.0 Å². The van der Waals surface area contributed by atoms with Crippen LogP contribution in [0, 0.1) is 6.92 Å². The Bertz CT molecular complexity index is 1330. The Kier molecular flexibility index (Phi) is 10.3. The summed E-state index contributed by atoms with van der Waals surface area (Å²) in [5.74, 6) is -0.0859. The third-order valence-corrected chi connectivity index (χ3v) is 8.13. The van der Waals surface area contributed by atoms with Crippen molar-refractivity contribution in [1.29, 1.82) is 0 Å². The van der Waals surface area contributed by atoms with Gasteiger partial charge in [-0.1, -0.05) is 37.3 Å². The Balaban J connectivity index is 1.83. The Morgan fingerprint density at radius 2 is 1.74 bits per heavy atom. The molecule has 0 aliphatic rings. The van der Waals surface area contributed by atoms with Crippen LogP contribution in [0.25, 0.3) is 0 Å². The molecule has 38 heavy (non-hydrogen) atoms. The molecular formula is C27H33N3O6S2. The van der Waals surface area contributed by atoms with E-state index in [0.29, 0.717) is 41.5 Å². The number of carbonyl (C=O) groups excluding carboxylic acids is 2. The van der Waals surface area contributed by atoms with Crippen molar-refractivity contribution in [3.8, 4) is 11.5 Å². The van der Waals surface area contributed by atoms with Gasteiger partial charge in [-0.2, -0.15) is 0 Å². The highest BCUT2D eigenvalue weighted by molar-refractivity contribution is 7.90. The summed E-state index contributed by atoms with van der Waals surface area (Å²) in [5, 5.41) is 2.01. The number of hydrogen-bond acceptors (Lipinski definition) is 8. The maximum atomic E-state index is 13.7. The first-order valence-corrected chi connectivity index (χ1v) is 14.8. The van der Waals surface area contributed by atoms with Crippen molar-refractivity contribution in [3.63, 3.8) is 0 Å². The number of ether oxygens (including phenoxy) is 2. The number of aryl methyl sites for hydroxylation is 1. The number of benzene rings is 2. The predicted octanol–water partition coefficient (Wildman–Crippen LogP) is 4.21. The number of rotatable bonds is 13. The van der Waals surface area contributed by atoms with Crippen LogP contribution in [-0.4, -0.2) is 56.6 Å². The fourth-order valence-electron chi connectivity index (χ4n) is 3.93. The summed E-state index contributed by atoms with van der Waals surface area (Å²) in [5.41, 5.74) is 2.36. The van der Waals surface area contributed by atoms with E-state index in [2.05, 4.69) is 4.98 Å². The molecule has 0 radical (unpaired) electrons. The van der Waals surface area contributed by atoms with Gasteiger partial charge in [-0.3, -0.25) is 9.59 Å². The lowest BCUT2D eigenvalue weighted by atomic mass is 10.1. The third-order valence-electron chi connectivity index (χ3n) is 5.85. The Hall–Kier alpha value is -3.44. The molecule has 2 aromatic carbocycles. The van der Waals surface area contributed by atoms with E-state index in [0.717, 1.165) is 12.0 Å². The van der Waals surface area contributed by atoms with Crippen molar-refractivity contribution >= 4 is 33.2 Å². The summed E-state index contributed by atoms with van der Waals surface area (Å²) < 4.78 is 36.9. The number of nitrogens with one attached hydrogen (secondary N) is 1. The van der Waals surface area contributed by atoms with E-state index >= 15 is 0 Å². The molecule has 1 heterocycles. The molecule has 0 atom stereocenters. The lowest BCUT2D eigenvalue weighted by Crippen LogP contribution is -2.33. The van der Waals surface area contributed by atoms with Gasteiger partial charge in [-0.25, -0.2) is 18.1 Å². The van der Waals surface area contributed by atoms with E-state index in [9.17, 15) is 18.0 Å². The van der Waals surface area contributed by atoms with Crippen molar-refractivity contribution in [1.82, 2.24) is 14.6 Å². The molecule has 2 amide bonds. The van der Waals surface area contributed by atoms with Crippen LogP contribution in [0.1, 0.15) is 56.7 Å². The van der Waals surface area contributed by atoms with Gasteiger partial charge in [-0.05, 0) is 43.9 Å². The molecule has 0 aliphatic carbocycles.